The Morgan fingerprint density at radius 1 is 1.07 bits per heavy atom. The van der Waals surface area contributed by atoms with Gasteiger partial charge in [0.15, 0.2) is 0 Å². The second-order valence-corrected chi connectivity index (χ2v) is 7.89. The average molecular weight is 392 g/mol. The molecular weight excluding hydrogens is 366 g/mol. The van der Waals surface area contributed by atoms with Gasteiger partial charge in [-0.15, -0.1) is 0 Å². The molecule has 1 amide bonds. The molecule has 2 heterocycles. The molecule has 1 saturated heterocycles. The van der Waals surface area contributed by atoms with E-state index in [0.29, 0.717) is 10.6 Å². The molecule has 28 heavy (non-hydrogen) atoms. The Morgan fingerprint density at radius 2 is 1.71 bits per heavy atom. The second-order valence-electron chi connectivity index (χ2n) is 7.50. The van der Waals surface area contributed by atoms with Gasteiger partial charge in [-0.05, 0) is 25.1 Å². The van der Waals surface area contributed by atoms with Crippen LogP contribution in [0.15, 0.2) is 59.6 Å². The third kappa shape index (κ3) is 3.19. The Morgan fingerprint density at radius 3 is 2.36 bits per heavy atom. The van der Waals surface area contributed by atoms with Gasteiger partial charge < -0.3 is 4.90 Å². The molecular formula is C23H25N3OS. The van der Waals surface area contributed by atoms with Crippen molar-refractivity contribution in [3.05, 3.63) is 71.3 Å². The van der Waals surface area contributed by atoms with Gasteiger partial charge in [0.2, 0.25) is 0 Å². The number of piperidine rings is 1. The first-order chi connectivity index (χ1) is 13.6. The van der Waals surface area contributed by atoms with Crippen LogP contribution in [0.4, 0.5) is 0 Å². The van der Waals surface area contributed by atoms with E-state index in [0.717, 1.165) is 49.3 Å². The van der Waals surface area contributed by atoms with E-state index in [1.165, 1.54) is 0 Å². The standard InChI is InChI=1S/C23H25N3OS/c1-3-25-15-13-23(14-16-25)24-20(18-10-5-4-6-11-18)22(28)26(23)21(27)19-12-8-7-9-17(19)2/h4-12H,3,13-16H2,1-2H3. The summed E-state index contributed by atoms with van der Waals surface area (Å²) in [5.74, 6) is -0.0391. The number of rotatable bonds is 3. The molecule has 5 heteroatoms. The number of nitrogens with zero attached hydrogens (tertiary/aromatic N) is 3. The monoisotopic (exact) mass is 391 g/mol. The predicted octanol–water partition coefficient (Wildman–Crippen LogP) is 4.08. The number of carbonyl (C=O) groups excluding carboxylic acids is 1. The largest absolute Gasteiger partial charge is 0.303 e. The van der Waals surface area contributed by atoms with Crippen molar-refractivity contribution in [1.82, 2.24) is 9.80 Å². The summed E-state index contributed by atoms with van der Waals surface area (Å²) in [5, 5.41) is 0. The minimum atomic E-state index is -0.576. The highest BCUT2D eigenvalue weighted by molar-refractivity contribution is 7.82. The normalized spacial score (nSPS) is 19.1. The smallest absolute Gasteiger partial charge is 0.261 e. The molecule has 0 N–H and O–H groups in total. The number of benzene rings is 2. The summed E-state index contributed by atoms with van der Waals surface area (Å²) in [5.41, 5.74) is 2.83. The van der Waals surface area contributed by atoms with E-state index < -0.39 is 5.66 Å². The summed E-state index contributed by atoms with van der Waals surface area (Å²) >= 11 is 5.84. The maximum Gasteiger partial charge on any atom is 0.261 e. The van der Waals surface area contributed by atoms with E-state index in [9.17, 15) is 4.79 Å². The number of likely N-dealkylation sites (tertiary alicyclic amines) is 1. The predicted molar refractivity (Wildman–Crippen MR) is 117 cm³/mol. The van der Waals surface area contributed by atoms with Crippen molar-refractivity contribution in [2.24, 2.45) is 4.99 Å². The second kappa shape index (κ2) is 7.57. The Bertz CT molecular complexity index is 930. The molecule has 2 aromatic carbocycles. The first-order valence-corrected chi connectivity index (χ1v) is 10.3. The molecule has 1 fully saturated rings. The molecule has 1 spiro atoms. The molecule has 144 valence electrons. The number of aliphatic imine (C=N–C) groups is 1. The summed E-state index contributed by atoms with van der Waals surface area (Å²) < 4.78 is 0. The summed E-state index contributed by atoms with van der Waals surface area (Å²) in [6.45, 7) is 7.00. The van der Waals surface area contributed by atoms with E-state index in [4.69, 9.17) is 17.2 Å². The van der Waals surface area contributed by atoms with Crippen molar-refractivity contribution in [2.75, 3.05) is 19.6 Å². The van der Waals surface area contributed by atoms with Crippen molar-refractivity contribution >= 4 is 28.8 Å². The average Bonchev–Trinajstić information content (AvgIpc) is 3.01. The van der Waals surface area contributed by atoms with Crippen molar-refractivity contribution in [1.29, 1.82) is 0 Å². The molecule has 0 unspecified atom stereocenters. The molecule has 2 aliphatic rings. The molecule has 0 bridgehead atoms. The fourth-order valence-corrected chi connectivity index (χ4v) is 4.58. The summed E-state index contributed by atoms with van der Waals surface area (Å²) in [6.07, 6.45) is 1.60. The van der Waals surface area contributed by atoms with Gasteiger partial charge in [-0.3, -0.25) is 14.7 Å². The Labute approximate surface area is 171 Å². The third-order valence-corrected chi connectivity index (χ3v) is 6.25. The van der Waals surface area contributed by atoms with Crippen molar-refractivity contribution < 1.29 is 4.79 Å². The Balaban J connectivity index is 1.77. The van der Waals surface area contributed by atoms with Gasteiger partial charge in [-0.1, -0.05) is 67.7 Å². The first-order valence-electron chi connectivity index (χ1n) is 9.88. The van der Waals surface area contributed by atoms with Crippen LogP contribution in [-0.4, -0.2) is 51.7 Å². The molecule has 0 radical (unpaired) electrons. The van der Waals surface area contributed by atoms with E-state index in [-0.39, 0.29) is 5.91 Å². The van der Waals surface area contributed by atoms with E-state index in [1.54, 1.807) is 4.90 Å². The fraction of sp³-hybridized carbons (Fsp3) is 0.348. The maximum absolute atomic E-state index is 13.6. The van der Waals surface area contributed by atoms with Crippen LogP contribution in [0, 0.1) is 6.92 Å². The van der Waals surface area contributed by atoms with E-state index in [2.05, 4.69) is 11.8 Å². The molecule has 0 saturated carbocycles. The lowest BCUT2D eigenvalue weighted by molar-refractivity contribution is 0.0544. The number of hydrogen-bond acceptors (Lipinski definition) is 4. The molecule has 4 nitrogen and oxygen atoms in total. The van der Waals surface area contributed by atoms with Crippen LogP contribution in [0.2, 0.25) is 0 Å². The van der Waals surface area contributed by atoms with Crippen LogP contribution in [0.5, 0.6) is 0 Å². The highest BCUT2D eigenvalue weighted by atomic mass is 32.1. The molecule has 0 aliphatic carbocycles. The molecule has 2 aliphatic heterocycles. The van der Waals surface area contributed by atoms with Gasteiger partial charge in [0.25, 0.3) is 5.91 Å². The van der Waals surface area contributed by atoms with Crippen molar-refractivity contribution in [3.63, 3.8) is 0 Å². The maximum atomic E-state index is 13.6. The van der Waals surface area contributed by atoms with Crippen LogP contribution in [0.25, 0.3) is 0 Å². The number of thiocarbonyl (C=S) groups is 1. The zero-order valence-electron chi connectivity index (χ0n) is 16.4. The van der Waals surface area contributed by atoms with Crippen molar-refractivity contribution in [3.8, 4) is 0 Å². The summed E-state index contributed by atoms with van der Waals surface area (Å²) in [4.78, 5) is 23.5. The highest BCUT2D eigenvalue weighted by Crippen LogP contribution is 2.38. The van der Waals surface area contributed by atoms with Crippen LogP contribution < -0.4 is 0 Å². The molecule has 2 aromatic rings. The first kappa shape index (κ1) is 19.0. The fourth-order valence-electron chi connectivity index (χ4n) is 4.16. The quantitative estimate of drug-likeness (QED) is 0.740. The minimum absolute atomic E-state index is 0.0391. The molecule has 0 aromatic heterocycles. The Kier molecular flexibility index (Phi) is 5.13. The van der Waals surface area contributed by atoms with Gasteiger partial charge >= 0.3 is 0 Å². The van der Waals surface area contributed by atoms with Crippen LogP contribution in [0.3, 0.4) is 0 Å². The molecule has 4 rings (SSSR count). The van der Waals surface area contributed by atoms with Gasteiger partial charge in [-0.25, -0.2) is 0 Å². The lowest BCUT2D eigenvalue weighted by atomic mass is 9.95. The number of carbonyl (C=O) groups is 1. The topological polar surface area (TPSA) is 35.9 Å². The van der Waals surface area contributed by atoms with Gasteiger partial charge in [-0.2, -0.15) is 0 Å². The van der Waals surface area contributed by atoms with Gasteiger partial charge in [0.05, 0.1) is 0 Å². The summed E-state index contributed by atoms with van der Waals surface area (Å²) in [7, 11) is 0. The molecule has 0 atom stereocenters. The van der Waals surface area contributed by atoms with E-state index in [1.807, 2.05) is 61.5 Å². The van der Waals surface area contributed by atoms with Gasteiger partial charge in [0, 0.05) is 37.1 Å². The minimum Gasteiger partial charge on any atom is -0.303 e. The number of hydrogen-bond donors (Lipinski definition) is 0. The SMILES string of the molecule is CCN1CCC2(CC1)N=C(c1ccccc1)C(=S)N2C(=O)c1ccccc1C. The number of aryl methyl sites for hydroxylation is 1. The third-order valence-electron chi connectivity index (χ3n) is 5.87. The zero-order chi connectivity index (χ0) is 19.7. The summed E-state index contributed by atoms with van der Waals surface area (Å²) in [6, 6.07) is 17.7. The van der Waals surface area contributed by atoms with Crippen LogP contribution in [0.1, 0.15) is 41.3 Å². The number of amides is 1. The van der Waals surface area contributed by atoms with Gasteiger partial charge in [0.1, 0.15) is 16.4 Å². The van der Waals surface area contributed by atoms with Crippen LogP contribution in [-0.2, 0) is 0 Å². The highest BCUT2D eigenvalue weighted by Gasteiger charge is 2.50. The zero-order valence-corrected chi connectivity index (χ0v) is 17.2. The lowest BCUT2D eigenvalue weighted by Crippen LogP contribution is -2.55. The van der Waals surface area contributed by atoms with E-state index >= 15 is 0 Å². The van der Waals surface area contributed by atoms with Crippen molar-refractivity contribution in [2.45, 2.75) is 32.4 Å². The van der Waals surface area contributed by atoms with Crippen LogP contribution >= 0.6 is 12.2 Å². The lowest BCUT2D eigenvalue weighted by Gasteiger charge is -2.42. The Hall–Kier alpha value is -2.37.